The summed E-state index contributed by atoms with van der Waals surface area (Å²) in [6.07, 6.45) is 6.28. The van der Waals surface area contributed by atoms with Crippen molar-refractivity contribution in [3.05, 3.63) is 64.7 Å². The molecule has 35 heavy (non-hydrogen) atoms. The molecule has 2 aliphatic carbocycles. The van der Waals surface area contributed by atoms with Gasteiger partial charge < -0.3 is 10.1 Å². The largest absolute Gasteiger partial charge is 0.497 e. The minimum Gasteiger partial charge on any atom is -0.497 e. The zero-order valence-corrected chi connectivity index (χ0v) is 22.1. The number of fused-ring (bicyclic) bond motifs is 3. The highest BCUT2D eigenvalue weighted by Gasteiger charge is 2.51. The molecule has 0 aliphatic heterocycles. The second-order valence-corrected chi connectivity index (χ2v) is 11.5. The molecule has 4 heteroatoms. The second kappa shape index (κ2) is 10.2. The number of nitrogens with one attached hydrogen (secondary N) is 1. The van der Waals surface area contributed by atoms with E-state index < -0.39 is 0 Å². The molecule has 1 saturated carbocycles. The summed E-state index contributed by atoms with van der Waals surface area (Å²) >= 11 is 0. The molecule has 188 valence electrons. The van der Waals surface area contributed by atoms with Gasteiger partial charge in [-0.3, -0.25) is 9.59 Å². The lowest BCUT2D eigenvalue weighted by Crippen LogP contribution is -2.53. The zero-order valence-electron chi connectivity index (χ0n) is 22.1. The van der Waals surface area contributed by atoms with Gasteiger partial charge in [0.15, 0.2) is 5.78 Å². The molecule has 0 spiro atoms. The van der Waals surface area contributed by atoms with Crippen LogP contribution in [0.2, 0.25) is 0 Å². The standard InChI is InChI=1S/C31H41NO3/c1-21(2)23-9-13-26-24(19-23)10-15-28-30(3,17-6-18-31(26,28)4)20-32-29(34)16-14-27(33)22-7-11-25(35-5)12-8-22/h7-9,11-13,19,21,28H,6,10,14-18,20H2,1-5H3,(H,32,34)/t28-,30+,31+/m1/s1. The molecule has 1 N–H and O–H groups in total. The average Bonchev–Trinajstić information content (AvgIpc) is 2.85. The van der Waals surface area contributed by atoms with Crippen LogP contribution in [0, 0.1) is 11.3 Å². The normalized spacial score (nSPS) is 25.5. The first-order valence-electron chi connectivity index (χ1n) is 13.2. The number of hydrogen-bond acceptors (Lipinski definition) is 3. The van der Waals surface area contributed by atoms with E-state index in [1.807, 2.05) is 0 Å². The van der Waals surface area contributed by atoms with Gasteiger partial charge in [0.2, 0.25) is 5.91 Å². The number of aryl methyl sites for hydroxylation is 1. The number of carbonyl (C=O) groups is 2. The third kappa shape index (κ3) is 5.17. The second-order valence-electron chi connectivity index (χ2n) is 11.5. The van der Waals surface area contributed by atoms with E-state index in [1.165, 1.54) is 36.0 Å². The van der Waals surface area contributed by atoms with Crippen molar-refractivity contribution in [2.45, 2.75) is 84.0 Å². The van der Waals surface area contributed by atoms with E-state index in [2.05, 4.69) is 51.2 Å². The van der Waals surface area contributed by atoms with Crippen LogP contribution in [0.1, 0.15) is 99.2 Å². The fourth-order valence-electron chi connectivity index (χ4n) is 6.75. The number of ketones is 1. The van der Waals surface area contributed by atoms with Gasteiger partial charge in [-0.15, -0.1) is 0 Å². The van der Waals surface area contributed by atoms with Crippen LogP contribution in [0.4, 0.5) is 0 Å². The Morgan fingerprint density at radius 3 is 2.49 bits per heavy atom. The molecule has 1 fully saturated rings. The van der Waals surface area contributed by atoms with E-state index in [1.54, 1.807) is 31.4 Å². The molecule has 4 rings (SSSR count). The molecule has 0 radical (unpaired) electrons. The van der Waals surface area contributed by atoms with Gasteiger partial charge in [0.25, 0.3) is 0 Å². The molecule has 2 aromatic rings. The van der Waals surface area contributed by atoms with E-state index in [-0.39, 0.29) is 35.4 Å². The molecule has 3 atom stereocenters. The highest BCUT2D eigenvalue weighted by molar-refractivity contribution is 5.98. The van der Waals surface area contributed by atoms with Crippen LogP contribution in [0.25, 0.3) is 0 Å². The van der Waals surface area contributed by atoms with Gasteiger partial charge in [0, 0.05) is 24.9 Å². The number of hydrogen-bond donors (Lipinski definition) is 1. The first-order valence-corrected chi connectivity index (χ1v) is 13.2. The van der Waals surface area contributed by atoms with Crippen molar-refractivity contribution < 1.29 is 14.3 Å². The number of Topliss-reactive ketones (excluding diaryl/α,β-unsaturated/α-hetero) is 1. The molecule has 0 heterocycles. The summed E-state index contributed by atoms with van der Waals surface area (Å²) in [4.78, 5) is 25.2. The van der Waals surface area contributed by atoms with Crippen molar-refractivity contribution >= 4 is 11.7 Å². The summed E-state index contributed by atoms with van der Waals surface area (Å²) in [5.41, 5.74) is 5.33. The van der Waals surface area contributed by atoms with Gasteiger partial charge in [-0.25, -0.2) is 0 Å². The van der Waals surface area contributed by atoms with Crippen molar-refractivity contribution in [2.24, 2.45) is 11.3 Å². The molecule has 4 nitrogen and oxygen atoms in total. The van der Waals surface area contributed by atoms with Crippen LogP contribution in [-0.2, 0) is 16.6 Å². The summed E-state index contributed by atoms with van der Waals surface area (Å²) in [5, 5.41) is 3.21. The Morgan fingerprint density at radius 1 is 1.06 bits per heavy atom. The van der Waals surface area contributed by atoms with Crippen molar-refractivity contribution in [3.63, 3.8) is 0 Å². The topological polar surface area (TPSA) is 55.4 Å². The average molecular weight is 476 g/mol. The predicted octanol–water partition coefficient (Wildman–Crippen LogP) is 6.61. The van der Waals surface area contributed by atoms with E-state index >= 15 is 0 Å². The summed E-state index contributed by atoms with van der Waals surface area (Å²) in [5.74, 6) is 1.77. The van der Waals surface area contributed by atoms with Crippen molar-refractivity contribution in [1.82, 2.24) is 5.32 Å². The van der Waals surface area contributed by atoms with Crippen molar-refractivity contribution in [2.75, 3.05) is 13.7 Å². The predicted molar refractivity (Wildman–Crippen MR) is 141 cm³/mol. The quantitative estimate of drug-likeness (QED) is 0.437. The van der Waals surface area contributed by atoms with Crippen LogP contribution in [0.5, 0.6) is 5.75 Å². The van der Waals surface area contributed by atoms with Crippen LogP contribution in [0.15, 0.2) is 42.5 Å². The molecule has 2 aliphatic rings. The molecular weight excluding hydrogens is 434 g/mol. The number of amides is 1. The van der Waals surface area contributed by atoms with Gasteiger partial charge in [0.05, 0.1) is 7.11 Å². The zero-order chi connectivity index (χ0) is 25.2. The van der Waals surface area contributed by atoms with Crippen molar-refractivity contribution in [3.8, 4) is 5.75 Å². The fraction of sp³-hybridized carbons (Fsp3) is 0.548. The smallest absolute Gasteiger partial charge is 0.220 e. The molecule has 2 aromatic carbocycles. The number of carbonyl (C=O) groups excluding carboxylic acids is 2. The summed E-state index contributed by atoms with van der Waals surface area (Å²) in [6.45, 7) is 10.0. The van der Waals surface area contributed by atoms with Crippen LogP contribution >= 0.6 is 0 Å². The maximum Gasteiger partial charge on any atom is 0.220 e. The lowest BCUT2D eigenvalue weighted by molar-refractivity contribution is -0.122. The molecule has 0 saturated heterocycles. The Balaban J connectivity index is 1.38. The fourth-order valence-corrected chi connectivity index (χ4v) is 6.75. The SMILES string of the molecule is COc1ccc(C(=O)CCC(=O)NC[C@]2(C)CCC[C@@]3(C)c4ccc(C(C)C)cc4CC[C@H]23)cc1. The Hall–Kier alpha value is -2.62. The third-order valence-corrected chi connectivity index (χ3v) is 8.85. The Labute approximate surface area is 210 Å². The maximum absolute atomic E-state index is 12.7. The Bertz CT molecular complexity index is 1070. The number of benzene rings is 2. The van der Waals surface area contributed by atoms with Gasteiger partial charge >= 0.3 is 0 Å². The lowest BCUT2D eigenvalue weighted by Gasteiger charge is -2.55. The summed E-state index contributed by atoms with van der Waals surface area (Å²) in [7, 11) is 1.60. The van der Waals surface area contributed by atoms with E-state index in [0.29, 0.717) is 23.9 Å². The van der Waals surface area contributed by atoms with Gasteiger partial charge in [0.1, 0.15) is 5.75 Å². The molecule has 0 bridgehead atoms. The monoisotopic (exact) mass is 475 g/mol. The van der Waals surface area contributed by atoms with Crippen LogP contribution in [-0.4, -0.2) is 25.3 Å². The van der Waals surface area contributed by atoms with Gasteiger partial charge in [-0.05, 0) is 89.3 Å². The maximum atomic E-state index is 12.7. The molecule has 1 amide bonds. The first kappa shape index (κ1) is 25.5. The highest BCUT2D eigenvalue weighted by atomic mass is 16.5. The highest BCUT2D eigenvalue weighted by Crippen LogP contribution is 2.57. The third-order valence-electron chi connectivity index (χ3n) is 8.85. The van der Waals surface area contributed by atoms with Crippen LogP contribution in [0.3, 0.4) is 0 Å². The Morgan fingerprint density at radius 2 is 1.80 bits per heavy atom. The lowest BCUT2D eigenvalue weighted by atomic mass is 9.49. The van der Waals surface area contributed by atoms with Crippen molar-refractivity contribution in [1.29, 1.82) is 0 Å². The summed E-state index contributed by atoms with van der Waals surface area (Å²) in [6, 6.07) is 14.2. The van der Waals surface area contributed by atoms with E-state index in [4.69, 9.17) is 4.74 Å². The number of methoxy groups -OCH3 is 1. The molecular formula is C31H41NO3. The van der Waals surface area contributed by atoms with E-state index in [0.717, 1.165) is 18.6 Å². The minimum absolute atomic E-state index is 0.0103. The first-order chi connectivity index (χ1) is 16.7. The number of rotatable bonds is 8. The van der Waals surface area contributed by atoms with E-state index in [9.17, 15) is 9.59 Å². The minimum atomic E-state index is -0.0295. The van der Waals surface area contributed by atoms with Crippen LogP contribution < -0.4 is 10.1 Å². The number of ether oxygens (including phenoxy) is 1. The summed E-state index contributed by atoms with van der Waals surface area (Å²) < 4.78 is 5.15. The van der Waals surface area contributed by atoms with Gasteiger partial charge in [-0.2, -0.15) is 0 Å². The Kier molecular flexibility index (Phi) is 7.40. The molecule has 0 unspecified atom stereocenters. The molecule has 0 aromatic heterocycles. The van der Waals surface area contributed by atoms with Gasteiger partial charge in [-0.1, -0.05) is 52.3 Å².